The smallest absolute Gasteiger partial charge is 0.433 e. The Balaban J connectivity index is 1.59. The first-order valence-corrected chi connectivity index (χ1v) is 5.73. The number of aliphatic hydroxyl groups excluding tert-OH is 1. The number of amides is 1. The summed E-state index contributed by atoms with van der Waals surface area (Å²) in [6.45, 7) is 2.05. The van der Waals surface area contributed by atoms with Crippen LogP contribution in [0.3, 0.4) is 0 Å². The normalized spacial score (nSPS) is 33.0. The van der Waals surface area contributed by atoms with Crippen LogP contribution in [0.2, 0.25) is 0 Å². The van der Waals surface area contributed by atoms with Gasteiger partial charge in [-0.2, -0.15) is 4.99 Å². The van der Waals surface area contributed by atoms with Gasteiger partial charge in [0.2, 0.25) is 0 Å². The summed E-state index contributed by atoms with van der Waals surface area (Å²) < 4.78 is 9.92. The van der Waals surface area contributed by atoms with Gasteiger partial charge in [0.1, 0.15) is 0 Å². The van der Waals surface area contributed by atoms with E-state index in [9.17, 15) is 9.90 Å². The van der Waals surface area contributed by atoms with Gasteiger partial charge in [-0.25, -0.2) is 4.79 Å². The Morgan fingerprint density at radius 3 is 3.12 bits per heavy atom. The van der Waals surface area contributed by atoms with Crippen molar-refractivity contribution in [1.82, 2.24) is 0 Å². The predicted octanol–water partition coefficient (Wildman–Crippen LogP) is 1.14. The number of fused-ring (bicyclic) bond motifs is 1. The number of aliphatic imine (C=N–C) groups is 1. The molecular weight excluding hydrogens is 210 g/mol. The lowest BCUT2D eigenvalue weighted by atomic mass is 9.81. The molecule has 0 aromatic rings. The van der Waals surface area contributed by atoms with Gasteiger partial charge in [-0.1, -0.05) is 0 Å². The van der Waals surface area contributed by atoms with E-state index < -0.39 is 12.2 Å². The lowest BCUT2D eigenvalue weighted by Crippen LogP contribution is -2.28. The van der Waals surface area contributed by atoms with E-state index in [0.29, 0.717) is 31.2 Å². The van der Waals surface area contributed by atoms with Crippen molar-refractivity contribution < 1.29 is 19.4 Å². The van der Waals surface area contributed by atoms with Gasteiger partial charge in [-0.15, -0.1) is 0 Å². The molecule has 1 N–H and O–H groups in total. The summed E-state index contributed by atoms with van der Waals surface area (Å²) in [7, 11) is 0. The third-order valence-corrected chi connectivity index (χ3v) is 3.04. The molecule has 2 aliphatic rings. The Hall–Kier alpha value is -0.940. The SMILES string of the molecule is CCOC(=O)/N=C\CC(O)CC1CC2OC12. The quantitative estimate of drug-likeness (QED) is 0.564. The zero-order valence-electron chi connectivity index (χ0n) is 9.33. The Bertz CT molecular complexity index is 292. The minimum Gasteiger partial charge on any atom is -0.448 e. The number of epoxide rings is 1. The number of ether oxygens (including phenoxy) is 2. The largest absolute Gasteiger partial charge is 0.448 e. The summed E-state index contributed by atoms with van der Waals surface area (Å²) in [6.07, 6.45) is 3.46. The highest BCUT2D eigenvalue weighted by Crippen LogP contribution is 2.48. The van der Waals surface area contributed by atoms with Crippen LogP contribution in [0.15, 0.2) is 4.99 Å². The van der Waals surface area contributed by atoms with Crippen molar-refractivity contribution >= 4 is 12.3 Å². The summed E-state index contributed by atoms with van der Waals surface area (Å²) >= 11 is 0. The Labute approximate surface area is 94.5 Å². The van der Waals surface area contributed by atoms with Gasteiger partial charge < -0.3 is 14.6 Å². The fraction of sp³-hybridized carbons (Fsp3) is 0.818. The molecule has 1 amide bonds. The van der Waals surface area contributed by atoms with E-state index in [4.69, 9.17) is 4.74 Å². The van der Waals surface area contributed by atoms with E-state index >= 15 is 0 Å². The van der Waals surface area contributed by atoms with Crippen LogP contribution < -0.4 is 0 Å². The number of nitrogens with zero attached hydrogens (tertiary/aromatic N) is 1. The summed E-state index contributed by atoms with van der Waals surface area (Å²) in [5.41, 5.74) is 0. The minimum absolute atomic E-state index is 0.321. The van der Waals surface area contributed by atoms with E-state index in [1.165, 1.54) is 6.21 Å². The molecule has 16 heavy (non-hydrogen) atoms. The number of rotatable bonds is 5. The van der Waals surface area contributed by atoms with Crippen molar-refractivity contribution in [3.8, 4) is 0 Å². The summed E-state index contributed by atoms with van der Waals surface area (Å²) in [6, 6.07) is 0. The maximum atomic E-state index is 10.9. The van der Waals surface area contributed by atoms with Crippen molar-refractivity contribution in [3.63, 3.8) is 0 Å². The average Bonchev–Trinajstić information content (AvgIpc) is 2.87. The van der Waals surface area contributed by atoms with Crippen LogP contribution in [0.1, 0.15) is 26.2 Å². The first-order valence-electron chi connectivity index (χ1n) is 5.73. The molecule has 2 fully saturated rings. The molecule has 0 spiro atoms. The Morgan fingerprint density at radius 1 is 1.75 bits per heavy atom. The Morgan fingerprint density at radius 2 is 2.56 bits per heavy atom. The number of carbonyl (C=O) groups is 1. The van der Waals surface area contributed by atoms with Gasteiger partial charge in [-0.05, 0) is 25.7 Å². The summed E-state index contributed by atoms with van der Waals surface area (Å²) in [4.78, 5) is 14.4. The van der Waals surface area contributed by atoms with E-state index in [1.807, 2.05) is 0 Å². The Kier molecular flexibility index (Phi) is 3.56. The van der Waals surface area contributed by atoms with Crippen molar-refractivity contribution in [2.24, 2.45) is 10.9 Å². The molecule has 1 aliphatic heterocycles. The molecule has 1 heterocycles. The third-order valence-electron chi connectivity index (χ3n) is 3.04. The molecule has 0 aromatic heterocycles. The topological polar surface area (TPSA) is 71.4 Å². The monoisotopic (exact) mass is 227 g/mol. The minimum atomic E-state index is -0.594. The zero-order valence-corrected chi connectivity index (χ0v) is 9.33. The molecule has 4 atom stereocenters. The van der Waals surface area contributed by atoms with Crippen LogP contribution in [0.5, 0.6) is 0 Å². The molecule has 2 rings (SSSR count). The van der Waals surface area contributed by atoms with Crippen LogP contribution in [0.25, 0.3) is 0 Å². The number of hydrogen-bond donors (Lipinski definition) is 1. The zero-order chi connectivity index (χ0) is 11.5. The van der Waals surface area contributed by atoms with Crippen molar-refractivity contribution in [2.75, 3.05) is 6.61 Å². The molecule has 1 aliphatic carbocycles. The lowest BCUT2D eigenvalue weighted by molar-refractivity contribution is 0.134. The second-order valence-corrected chi connectivity index (χ2v) is 4.27. The molecule has 0 aromatic carbocycles. The third kappa shape index (κ3) is 2.80. The molecule has 5 nitrogen and oxygen atoms in total. The molecule has 1 saturated carbocycles. The summed E-state index contributed by atoms with van der Waals surface area (Å²) in [5.74, 6) is 0.496. The van der Waals surface area contributed by atoms with Crippen LogP contribution in [-0.4, -0.2) is 42.3 Å². The van der Waals surface area contributed by atoms with Crippen molar-refractivity contribution in [3.05, 3.63) is 0 Å². The first kappa shape index (κ1) is 11.5. The maximum Gasteiger partial charge on any atom is 0.433 e. The van der Waals surface area contributed by atoms with Crippen molar-refractivity contribution in [1.29, 1.82) is 0 Å². The van der Waals surface area contributed by atoms with E-state index in [0.717, 1.165) is 12.8 Å². The first-order chi connectivity index (χ1) is 7.70. The molecular formula is C11H17NO4. The second-order valence-electron chi connectivity index (χ2n) is 4.27. The molecule has 4 unspecified atom stereocenters. The fourth-order valence-corrected chi connectivity index (χ4v) is 2.08. The van der Waals surface area contributed by atoms with Gasteiger partial charge >= 0.3 is 6.09 Å². The maximum absolute atomic E-state index is 10.9. The van der Waals surface area contributed by atoms with Gasteiger partial charge in [-0.3, -0.25) is 0 Å². The van der Waals surface area contributed by atoms with Gasteiger partial charge in [0.25, 0.3) is 0 Å². The number of hydrogen-bond acceptors (Lipinski definition) is 4. The van der Waals surface area contributed by atoms with Gasteiger partial charge in [0.15, 0.2) is 0 Å². The standard InChI is InChI=1S/C11H17NO4/c1-2-15-11(14)12-4-3-8(13)5-7-6-9-10(7)16-9/h4,7-10,13H,2-3,5-6H2,1H3/b12-4-. The number of aliphatic hydroxyl groups is 1. The lowest BCUT2D eigenvalue weighted by Gasteiger charge is -2.22. The van der Waals surface area contributed by atoms with Crippen LogP contribution in [-0.2, 0) is 9.47 Å². The van der Waals surface area contributed by atoms with Crippen LogP contribution >= 0.6 is 0 Å². The molecule has 5 heteroatoms. The van der Waals surface area contributed by atoms with Gasteiger partial charge in [0, 0.05) is 12.6 Å². The van der Waals surface area contributed by atoms with Crippen LogP contribution in [0, 0.1) is 5.92 Å². The molecule has 0 bridgehead atoms. The molecule has 1 saturated heterocycles. The highest BCUT2D eigenvalue weighted by atomic mass is 16.6. The second kappa shape index (κ2) is 4.93. The van der Waals surface area contributed by atoms with E-state index in [1.54, 1.807) is 6.92 Å². The highest BCUT2D eigenvalue weighted by Gasteiger charge is 2.55. The summed E-state index contributed by atoms with van der Waals surface area (Å²) in [5, 5.41) is 9.66. The average molecular weight is 227 g/mol. The highest BCUT2D eigenvalue weighted by molar-refractivity contribution is 5.79. The fourth-order valence-electron chi connectivity index (χ4n) is 2.08. The van der Waals surface area contributed by atoms with Crippen LogP contribution in [0.4, 0.5) is 4.79 Å². The van der Waals surface area contributed by atoms with Gasteiger partial charge in [0.05, 0.1) is 24.9 Å². The predicted molar refractivity (Wildman–Crippen MR) is 57.5 cm³/mol. The molecule has 0 radical (unpaired) electrons. The number of carbonyl (C=O) groups excluding carboxylic acids is 1. The van der Waals surface area contributed by atoms with E-state index in [-0.39, 0.29) is 0 Å². The van der Waals surface area contributed by atoms with Crippen molar-refractivity contribution in [2.45, 2.75) is 44.5 Å². The van der Waals surface area contributed by atoms with E-state index in [2.05, 4.69) is 9.73 Å². The molecule has 90 valence electrons.